The molecule has 2 rings (SSSR count). The second-order valence-corrected chi connectivity index (χ2v) is 9.52. The average molecular weight is 434 g/mol. The standard InChI is InChI=1S/C22H35N5O4/c1-21(2,3)30-19(28)24-18(25-20(29)31-22(4,5)6)23-16-8-10-17(11-9-16)27-14-12-26(7)13-15-27/h8-11H,12-15H2,1-7H3,(H2,23,24,25,28,29). The van der Waals surface area contributed by atoms with Crippen molar-refractivity contribution < 1.29 is 19.1 Å². The van der Waals surface area contributed by atoms with Gasteiger partial charge >= 0.3 is 12.2 Å². The lowest BCUT2D eigenvalue weighted by atomic mass is 10.2. The van der Waals surface area contributed by atoms with Crippen LogP contribution in [0.2, 0.25) is 0 Å². The molecule has 1 aromatic carbocycles. The molecule has 0 aromatic heterocycles. The quantitative estimate of drug-likeness (QED) is 0.548. The third-order valence-electron chi connectivity index (χ3n) is 4.20. The van der Waals surface area contributed by atoms with E-state index in [1.165, 1.54) is 0 Å². The van der Waals surface area contributed by atoms with Gasteiger partial charge in [-0.3, -0.25) is 10.6 Å². The maximum absolute atomic E-state index is 12.2. The van der Waals surface area contributed by atoms with Crippen LogP contribution < -0.4 is 15.5 Å². The first-order chi connectivity index (χ1) is 14.3. The van der Waals surface area contributed by atoms with Gasteiger partial charge in [0, 0.05) is 31.9 Å². The molecule has 9 heteroatoms. The number of likely N-dealkylation sites (N-methyl/N-ethyl adjacent to an activating group) is 1. The number of rotatable bonds is 2. The van der Waals surface area contributed by atoms with Gasteiger partial charge in [-0.05, 0) is 72.9 Å². The fourth-order valence-electron chi connectivity index (χ4n) is 2.82. The fourth-order valence-corrected chi connectivity index (χ4v) is 2.82. The van der Waals surface area contributed by atoms with Gasteiger partial charge in [0.2, 0.25) is 5.96 Å². The molecule has 0 bridgehead atoms. The van der Waals surface area contributed by atoms with E-state index >= 15 is 0 Å². The van der Waals surface area contributed by atoms with Crippen molar-refractivity contribution in [2.75, 3.05) is 38.1 Å². The maximum atomic E-state index is 12.2. The van der Waals surface area contributed by atoms with Crippen LogP contribution in [0.15, 0.2) is 29.3 Å². The summed E-state index contributed by atoms with van der Waals surface area (Å²) in [6.45, 7) is 14.5. The number of carbonyl (C=O) groups excluding carboxylic acids is 2. The van der Waals surface area contributed by atoms with Crippen molar-refractivity contribution in [2.24, 2.45) is 4.99 Å². The van der Waals surface area contributed by atoms with Crippen LogP contribution >= 0.6 is 0 Å². The Morgan fingerprint density at radius 1 is 0.839 bits per heavy atom. The number of alkyl carbamates (subject to hydrolysis) is 2. The lowest BCUT2D eigenvalue weighted by Gasteiger charge is -2.34. The molecule has 0 atom stereocenters. The summed E-state index contributed by atoms with van der Waals surface area (Å²) < 4.78 is 10.5. The molecule has 0 unspecified atom stereocenters. The van der Waals surface area contributed by atoms with Crippen molar-refractivity contribution in [2.45, 2.75) is 52.7 Å². The molecule has 1 saturated heterocycles. The van der Waals surface area contributed by atoms with Crippen LogP contribution in [0.3, 0.4) is 0 Å². The van der Waals surface area contributed by atoms with Gasteiger partial charge in [0.1, 0.15) is 11.2 Å². The van der Waals surface area contributed by atoms with Gasteiger partial charge in [0.05, 0.1) is 5.69 Å². The Hall–Kier alpha value is -2.81. The minimum Gasteiger partial charge on any atom is -0.444 e. The Labute approximate surface area is 184 Å². The number of carbonyl (C=O) groups is 2. The first-order valence-electron chi connectivity index (χ1n) is 10.4. The minimum atomic E-state index is -0.726. The summed E-state index contributed by atoms with van der Waals surface area (Å²) in [6, 6.07) is 7.62. The Balaban J connectivity index is 2.15. The van der Waals surface area contributed by atoms with Crippen LogP contribution in [0.25, 0.3) is 0 Å². The van der Waals surface area contributed by atoms with E-state index in [4.69, 9.17) is 9.47 Å². The van der Waals surface area contributed by atoms with Gasteiger partial charge in [-0.2, -0.15) is 0 Å². The summed E-state index contributed by atoms with van der Waals surface area (Å²) in [5.41, 5.74) is 0.296. The number of benzene rings is 1. The van der Waals surface area contributed by atoms with Crippen molar-refractivity contribution in [3.63, 3.8) is 0 Å². The monoisotopic (exact) mass is 433 g/mol. The van der Waals surface area contributed by atoms with Crippen LogP contribution in [0.5, 0.6) is 0 Å². The molecule has 172 valence electrons. The fraction of sp³-hybridized carbons (Fsp3) is 0.591. The summed E-state index contributed by atoms with van der Waals surface area (Å²) in [4.78, 5) is 33.4. The Morgan fingerprint density at radius 3 is 1.71 bits per heavy atom. The van der Waals surface area contributed by atoms with E-state index in [1.54, 1.807) is 41.5 Å². The van der Waals surface area contributed by atoms with Crippen LogP contribution in [0, 0.1) is 0 Å². The van der Waals surface area contributed by atoms with E-state index in [9.17, 15) is 9.59 Å². The van der Waals surface area contributed by atoms with Gasteiger partial charge in [-0.25, -0.2) is 14.6 Å². The molecular weight excluding hydrogens is 398 g/mol. The SMILES string of the molecule is CN1CCN(c2ccc(N=C(NC(=O)OC(C)(C)C)NC(=O)OC(C)(C)C)cc2)CC1. The van der Waals surface area contributed by atoms with Gasteiger partial charge < -0.3 is 19.3 Å². The molecule has 9 nitrogen and oxygen atoms in total. The van der Waals surface area contributed by atoms with Crippen molar-refractivity contribution in [1.82, 2.24) is 15.5 Å². The number of piperazine rings is 1. The number of hydrogen-bond acceptors (Lipinski definition) is 7. The molecule has 2 amide bonds. The Kier molecular flexibility index (Phi) is 7.89. The first-order valence-corrected chi connectivity index (χ1v) is 10.4. The largest absolute Gasteiger partial charge is 0.444 e. The number of amides is 2. The smallest absolute Gasteiger partial charge is 0.414 e. The molecule has 1 aliphatic rings. The zero-order valence-electron chi connectivity index (χ0n) is 19.6. The van der Waals surface area contributed by atoms with E-state index in [0.717, 1.165) is 31.9 Å². The molecule has 0 spiro atoms. The molecule has 31 heavy (non-hydrogen) atoms. The summed E-state index contributed by atoms with van der Waals surface area (Å²) >= 11 is 0. The van der Waals surface area contributed by atoms with Crippen molar-refractivity contribution in [1.29, 1.82) is 0 Å². The summed E-state index contributed by atoms with van der Waals surface area (Å²) in [7, 11) is 2.12. The number of aliphatic imine (C=N–C) groups is 1. The van der Waals surface area contributed by atoms with E-state index in [-0.39, 0.29) is 5.96 Å². The summed E-state index contributed by atoms with van der Waals surface area (Å²) in [6.07, 6.45) is -1.45. The van der Waals surface area contributed by atoms with E-state index in [0.29, 0.717) is 5.69 Å². The molecular formula is C22H35N5O4. The summed E-state index contributed by atoms with van der Waals surface area (Å²) in [5.74, 6) is -0.0733. The number of nitrogens with zero attached hydrogens (tertiary/aromatic N) is 3. The highest BCUT2D eigenvalue weighted by molar-refractivity contribution is 6.02. The number of anilines is 1. The predicted octanol–water partition coefficient (Wildman–Crippen LogP) is 3.48. The number of hydrogen-bond donors (Lipinski definition) is 2. The van der Waals surface area contributed by atoms with Gasteiger partial charge in [-0.1, -0.05) is 0 Å². The molecule has 1 aliphatic heterocycles. The molecule has 0 saturated carbocycles. The van der Waals surface area contributed by atoms with Crippen molar-refractivity contribution in [3.8, 4) is 0 Å². The number of ether oxygens (including phenoxy) is 2. The van der Waals surface area contributed by atoms with Crippen LogP contribution in [-0.2, 0) is 9.47 Å². The first kappa shape index (κ1) is 24.5. The maximum Gasteiger partial charge on any atom is 0.414 e. The third kappa shape index (κ3) is 9.25. The predicted molar refractivity (Wildman–Crippen MR) is 122 cm³/mol. The molecule has 1 fully saturated rings. The molecule has 0 aliphatic carbocycles. The molecule has 2 N–H and O–H groups in total. The van der Waals surface area contributed by atoms with Crippen LogP contribution in [0.4, 0.5) is 21.0 Å². The molecule has 0 radical (unpaired) electrons. The third-order valence-corrected chi connectivity index (χ3v) is 4.20. The highest BCUT2D eigenvalue weighted by Gasteiger charge is 2.21. The minimum absolute atomic E-state index is 0.0733. The Morgan fingerprint density at radius 2 is 1.29 bits per heavy atom. The van der Waals surface area contributed by atoms with Gasteiger partial charge in [-0.15, -0.1) is 0 Å². The zero-order valence-corrected chi connectivity index (χ0v) is 19.6. The van der Waals surface area contributed by atoms with Crippen molar-refractivity contribution >= 4 is 29.5 Å². The second-order valence-electron chi connectivity index (χ2n) is 9.52. The molecule has 1 aromatic rings. The zero-order chi connectivity index (χ0) is 23.2. The van der Waals surface area contributed by atoms with E-state index in [2.05, 4.69) is 32.5 Å². The summed E-state index contributed by atoms with van der Waals surface area (Å²) in [5, 5.41) is 4.97. The normalized spacial score (nSPS) is 15.1. The second kappa shape index (κ2) is 10.00. The Bertz CT molecular complexity index is 754. The topological polar surface area (TPSA) is 95.5 Å². The van der Waals surface area contributed by atoms with Crippen LogP contribution in [0.1, 0.15) is 41.5 Å². The lowest BCUT2D eigenvalue weighted by molar-refractivity contribution is 0.0545. The highest BCUT2D eigenvalue weighted by Crippen LogP contribution is 2.21. The van der Waals surface area contributed by atoms with E-state index < -0.39 is 23.4 Å². The highest BCUT2D eigenvalue weighted by atomic mass is 16.6. The molecule has 1 heterocycles. The average Bonchev–Trinajstić information content (AvgIpc) is 2.59. The lowest BCUT2D eigenvalue weighted by Crippen LogP contribution is -2.47. The van der Waals surface area contributed by atoms with Crippen LogP contribution in [-0.4, -0.2) is 67.5 Å². The van der Waals surface area contributed by atoms with Gasteiger partial charge in [0.25, 0.3) is 0 Å². The number of guanidine groups is 1. The van der Waals surface area contributed by atoms with Crippen molar-refractivity contribution in [3.05, 3.63) is 24.3 Å². The van der Waals surface area contributed by atoms with Gasteiger partial charge in [0.15, 0.2) is 0 Å². The van der Waals surface area contributed by atoms with E-state index in [1.807, 2.05) is 24.3 Å². The number of nitrogens with one attached hydrogen (secondary N) is 2.